The molecule has 0 aliphatic carbocycles. The number of esters is 1. The Morgan fingerprint density at radius 1 is 1.17 bits per heavy atom. The minimum Gasteiger partial charge on any atom is -0.507 e. The van der Waals surface area contributed by atoms with Crippen LogP contribution in [0.3, 0.4) is 0 Å². The number of carbonyl (C=O) groups excluding carboxylic acids is 2. The van der Waals surface area contributed by atoms with Crippen molar-refractivity contribution >= 4 is 17.6 Å². The van der Waals surface area contributed by atoms with Crippen LogP contribution in [0, 0.1) is 0 Å². The van der Waals surface area contributed by atoms with E-state index in [1.807, 2.05) is 18.7 Å². The van der Waals surface area contributed by atoms with Gasteiger partial charge in [0.05, 0.1) is 13.2 Å². The van der Waals surface area contributed by atoms with Crippen LogP contribution in [0.4, 0.5) is 5.69 Å². The van der Waals surface area contributed by atoms with Crippen molar-refractivity contribution in [2.45, 2.75) is 40.0 Å². The number of ether oxygens (including phenoxy) is 1. The van der Waals surface area contributed by atoms with Crippen molar-refractivity contribution in [3.63, 3.8) is 0 Å². The average molecular weight is 336 g/mol. The molecule has 0 unspecified atom stereocenters. The minimum absolute atomic E-state index is 0.105. The Hall–Kier alpha value is -2.08. The number of hydrogen-bond acceptors (Lipinski definition) is 5. The van der Waals surface area contributed by atoms with Gasteiger partial charge in [-0.1, -0.05) is 33.6 Å². The maximum atomic E-state index is 11.9. The number of benzene rings is 1. The molecular formula is C18H28N2O4. The van der Waals surface area contributed by atoms with Crippen LogP contribution in [-0.2, 0) is 9.53 Å². The predicted octanol–water partition coefficient (Wildman–Crippen LogP) is 3.02. The van der Waals surface area contributed by atoms with Crippen LogP contribution >= 0.6 is 0 Å². The Labute approximate surface area is 143 Å². The van der Waals surface area contributed by atoms with Gasteiger partial charge in [-0.05, 0) is 31.6 Å². The molecule has 6 nitrogen and oxygen atoms in total. The molecule has 0 atom stereocenters. The third-order valence-corrected chi connectivity index (χ3v) is 3.74. The van der Waals surface area contributed by atoms with Gasteiger partial charge in [-0.2, -0.15) is 0 Å². The number of rotatable bonds is 10. The first-order chi connectivity index (χ1) is 11.5. The third-order valence-electron chi connectivity index (χ3n) is 3.74. The zero-order valence-corrected chi connectivity index (χ0v) is 14.8. The number of likely N-dealkylation sites (N-methyl/N-ethyl adjacent to an activating group) is 1. The Kier molecular flexibility index (Phi) is 8.86. The SMILES string of the molecule is CCCCCOC(=O)c1ccc(NC(=O)CN(CC)CC)cc1O. The van der Waals surface area contributed by atoms with Crippen molar-refractivity contribution in [3.05, 3.63) is 23.8 Å². The molecule has 24 heavy (non-hydrogen) atoms. The summed E-state index contributed by atoms with van der Waals surface area (Å²) < 4.78 is 5.12. The third kappa shape index (κ3) is 6.58. The van der Waals surface area contributed by atoms with Crippen LogP contribution in [0.25, 0.3) is 0 Å². The van der Waals surface area contributed by atoms with E-state index in [2.05, 4.69) is 12.2 Å². The molecule has 1 amide bonds. The van der Waals surface area contributed by atoms with Gasteiger partial charge >= 0.3 is 5.97 Å². The van der Waals surface area contributed by atoms with Gasteiger partial charge in [0.15, 0.2) is 0 Å². The molecule has 0 aromatic heterocycles. The second kappa shape index (κ2) is 10.6. The lowest BCUT2D eigenvalue weighted by atomic mass is 10.2. The van der Waals surface area contributed by atoms with Gasteiger partial charge in [0, 0.05) is 11.8 Å². The molecule has 0 aliphatic rings. The van der Waals surface area contributed by atoms with E-state index in [1.54, 1.807) is 6.07 Å². The first kappa shape index (κ1) is 20.0. The molecule has 1 rings (SSSR count). The number of anilines is 1. The van der Waals surface area contributed by atoms with Gasteiger partial charge in [0.1, 0.15) is 11.3 Å². The normalized spacial score (nSPS) is 10.7. The van der Waals surface area contributed by atoms with Gasteiger partial charge in [0.2, 0.25) is 5.91 Å². The summed E-state index contributed by atoms with van der Waals surface area (Å²) in [6, 6.07) is 4.41. The van der Waals surface area contributed by atoms with Gasteiger partial charge in [-0.3, -0.25) is 9.69 Å². The fraction of sp³-hybridized carbons (Fsp3) is 0.556. The molecule has 0 spiro atoms. The summed E-state index contributed by atoms with van der Waals surface area (Å²) in [4.78, 5) is 25.8. The molecule has 1 aromatic carbocycles. The fourth-order valence-corrected chi connectivity index (χ4v) is 2.23. The number of nitrogens with one attached hydrogen (secondary N) is 1. The number of phenols is 1. The zero-order chi connectivity index (χ0) is 17.9. The highest BCUT2D eigenvalue weighted by atomic mass is 16.5. The Bertz CT molecular complexity index is 542. The summed E-state index contributed by atoms with van der Waals surface area (Å²) in [6.07, 6.45) is 2.85. The number of aromatic hydroxyl groups is 1. The van der Waals surface area contributed by atoms with Crippen molar-refractivity contribution in [2.24, 2.45) is 0 Å². The fourth-order valence-electron chi connectivity index (χ4n) is 2.23. The Balaban J connectivity index is 2.60. The maximum absolute atomic E-state index is 11.9. The molecular weight excluding hydrogens is 308 g/mol. The van der Waals surface area contributed by atoms with Crippen molar-refractivity contribution in [1.29, 1.82) is 0 Å². The summed E-state index contributed by atoms with van der Waals surface area (Å²) in [5.74, 6) is -0.909. The van der Waals surface area contributed by atoms with Crippen molar-refractivity contribution < 1.29 is 19.4 Å². The highest BCUT2D eigenvalue weighted by Gasteiger charge is 2.14. The summed E-state index contributed by atoms with van der Waals surface area (Å²) in [5, 5.41) is 12.7. The lowest BCUT2D eigenvalue weighted by Crippen LogP contribution is -2.32. The summed E-state index contributed by atoms with van der Waals surface area (Å²) in [5.41, 5.74) is 0.556. The first-order valence-electron chi connectivity index (χ1n) is 8.54. The molecule has 0 aliphatic heterocycles. The molecule has 1 aromatic rings. The number of unbranched alkanes of at least 4 members (excludes halogenated alkanes) is 2. The van der Waals surface area contributed by atoms with Gasteiger partial charge in [-0.25, -0.2) is 4.79 Å². The van der Waals surface area contributed by atoms with Crippen LogP contribution in [0.5, 0.6) is 5.75 Å². The van der Waals surface area contributed by atoms with E-state index < -0.39 is 5.97 Å². The Morgan fingerprint density at radius 3 is 2.46 bits per heavy atom. The summed E-state index contributed by atoms with van der Waals surface area (Å²) >= 11 is 0. The monoisotopic (exact) mass is 336 g/mol. The quantitative estimate of drug-likeness (QED) is 0.507. The largest absolute Gasteiger partial charge is 0.507 e. The van der Waals surface area contributed by atoms with E-state index in [9.17, 15) is 14.7 Å². The highest BCUT2D eigenvalue weighted by Crippen LogP contribution is 2.23. The first-order valence-corrected chi connectivity index (χ1v) is 8.54. The van der Waals surface area contributed by atoms with Crippen LogP contribution in [0.15, 0.2) is 18.2 Å². The van der Waals surface area contributed by atoms with Gasteiger partial charge < -0.3 is 15.2 Å². The minimum atomic E-state index is -0.551. The predicted molar refractivity (Wildman–Crippen MR) is 94.3 cm³/mol. The number of phenolic OH excluding ortho intramolecular Hbond substituents is 1. The zero-order valence-electron chi connectivity index (χ0n) is 14.8. The molecule has 0 saturated heterocycles. The molecule has 0 radical (unpaired) electrons. The second-order valence-electron chi connectivity index (χ2n) is 5.58. The highest BCUT2D eigenvalue weighted by molar-refractivity contribution is 5.95. The second-order valence-corrected chi connectivity index (χ2v) is 5.58. The summed E-state index contributed by atoms with van der Waals surface area (Å²) in [7, 11) is 0. The van der Waals surface area contributed by atoms with Gasteiger partial charge in [0.25, 0.3) is 0 Å². The topological polar surface area (TPSA) is 78.9 Å². The molecule has 0 heterocycles. The Morgan fingerprint density at radius 2 is 1.88 bits per heavy atom. The molecule has 0 saturated carbocycles. The van der Waals surface area contributed by atoms with Crippen molar-refractivity contribution in [3.8, 4) is 5.75 Å². The van der Waals surface area contributed by atoms with E-state index in [0.717, 1.165) is 32.4 Å². The van der Waals surface area contributed by atoms with E-state index in [-0.39, 0.29) is 23.8 Å². The number of carbonyl (C=O) groups is 2. The van der Waals surface area contributed by atoms with E-state index in [1.165, 1.54) is 12.1 Å². The van der Waals surface area contributed by atoms with Crippen molar-refractivity contribution in [1.82, 2.24) is 4.90 Å². The van der Waals surface area contributed by atoms with Crippen molar-refractivity contribution in [2.75, 3.05) is 31.6 Å². The molecule has 134 valence electrons. The number of hydrogen-bond donors (Lipinski definition) is 2. The van der Waals surface area contributed by atoms with E-state index in [0.29, 0.717) is 12.3 Å². The van der Waals surface area contributed by atoms with Crippen LogP contribution in [0.2, 0.25) is 0 Å². The van der Waals surface area contributed by atoms with Gasteiger partial charge in [-0.15, -0.1) is 0 Å². The summed E-state index contributed by atoms with van der Waals surface area (Å²) in [6.45, 7) is 8.26. The van der Waals surface area contributed by atoms with Crippen LogP contribution < -0.4 is 5.32 Å². The average Bonchev–Trinajstić information content (AvgIpc) is 2.56. The number of amides is 1. The lowest BCUT2D eigenvalue weighted by Gasteiger charge is -2.17. The van der Waals surface area contributed by atoms with E-state index in [4.69, 9.17) is 4.74 Å². The maximum Gasteiger partial charge on any atom is 0.341 e. The molecule has 0 bridgehead atoms. The van der Waals surface area contributed by atoms with E-state index >= 15 is 0 Å². The molecule has 2 N–H and O–H groups in total. The molecule has 0 fully saturated rings. The lowest BCUT2D eigenvalue weighted by molar-refractivity contribution is -0.117. The smallest absolute Gasteiger partial charge is 0.341 e. The van der Waals surface area contributed by atoms with Crippen LogP contribution in [-0.4, -0.2) is 48.1 Å². The standard InChI is InChI=1S/C18H28N2O4/c1-4-7-8-11-24-18(23)15-10-9-14(12-16(15)21)19-17(22)13-20(5-2)6-3/h9-10,12,21H,4-8,11,13H2,1-3H3,(H,19,22). The molecule has 6 heteroatoms. The van der Waals surface area contributed by atoms with Crippen LogP contribution in [0.1, 0.15) is 50.4 Å². The number of nitrogens with zero attached hydrogens (tertiary/aromatic N) is 1.